The number of methoxy groups -OCH3 is 1. The highest BCUT2D eigenvalue weighted by atomic mass is 35.5. The normalized spacial score (nSPS) is 8.33. The zero-order valence-corrected chi connectivity index (χ0v) is 10.1. The average molecular weight is 228 g/mol. The van der Waals surface area contributed by atoms with Gasteiger partial charge in [-0.15, -0.1) is 0 Å². The third-order valence-corrected chi connectivity index (χ3v) is 2.03. The predicted molar refractivity (Wildman–Crippen MR) is 61.9 cm³/mol. The van der Waals surface area contributed by atoms with E-state index in [4.69, 9.17) is 16.3 Å². The van der Waals surface area contributed by atoms with Crippen LogP contribution in [0.15, 0.2) is 17.1 Å². The van der Waals surface area contributed by atoms with Crippen LogP contribution in [0.1, 0.15) is 19.4 Å². The first-order chi connectivity index (χ1) is 7.19. The Bertz CT molecular complexity index is 371. The lowest BCUT2D eigenvalue weighted by Gasteiger charge is -2.05. The minimum atomic E-state index is 0.444. The largest absolute Gasteiger partial charge is 0.494 e. The Labute approximate surface area is 94.7 Å². The highest BCUT2D eigenvalue weighted by Gasteiger charge is 2.05. The average Bonchev–Trinajstić information content (AvgIpc) is 2.26. The number of hydrogen-bond acceptors (Lipinski definition) is 3. The van der Waals surface area contributed by atoms with Gasteiger partial charge in [-0.3, -0.25) is 0 Å². The number of aryl methyl sites for hydroxylation is 1. The number of nitrogens with zero attached hydrogens (tertiary/aromatic N) is 1. The van der Waals surface area contributed by atoms with Crippen molar-refractivity contribution in [1.82, 2.24) is 0 Å². The molecule has 0 saturated carbocycles. The summed E-state index contributed by atoms with van der Waals surface area (Å²) in [6.07, 6.45) is 1.46. The van der Waals surface area contributed by atoms with Crippen molar-refractivity contribution in [1.29, 1.82) is 0 Å². The van der Waals surface area contributed by atoms with E-state index in [9.17, 15) is 4.79 Å². The number of rotatable bonds is 2. The highest BCUT2D eigenvalue weighted by molar-refractivity contribution is 6.31. The van der Waals surface area contributed by atoms with Crippen LogP contribution in [0.5, 0.6) is 5.75 Å². The van der Waals surface area contributed by atoms with Crippen molar-refractivity contribution < 1.29 is 9.53 Å². The van der Waals surface area contributed by atoms with E-state index in [0.29, 0.717) is 16.5 Å². The molecule has 1 aromatic rings. The minimum absolute atomic E-state index is 0.444. The summed E-state index contributed by atoms with van der Waals surface area (Å²) in [7, 11) is 1.49. The monoisotopic (exact) mass is 227 g/mol. The lowest BCUT2D eigenvalue weighted by atomic mass is 10.2. The first kappa shape index (κ1) is 13.7. The van der Waals surface area contributed by atoms with Crippen LogP contribution in [-0.2, 0) is 4.79 Å². The van der Waals surface area contributed by atoms with E-state index in [1.54, 1.807) is 12.1 Å². The van der Waals surface area contributed by atoms with Gasteiger partial charge in [-0.25, -0.2) is 4.79 Å². The van der Waals surface area contributed by atoms with Crippen LogP contribution in [-0.4, -0.2) is 13.2 Å². The molecule has 0 spiro atoms. The predicted octanol–water partition coefficient (Wildman–Crippen LogP) is 3.65. The van der Waals surface area contributed by atoms with Gasteiger partial charge in [0.05, 0.1) is 7.11 Å². The molecule has 0 saturated heterocycles. The Hall–Kier alpha value is -1.31. The molecule has 0 amide bonds. The van der Waals surface area contributed by atoms with E-state index in [0.717, 1.165) is 5.56 Å². The molecule has 3 nitrogen and oxygen atoms in total. The molecule has 15 heavy (non-hydrogen) atoms. The van der Waals surface area contributed by atoms with Crippen LogP contribution in [0, 0.1) is 6.92 Å². The van der Waals surface area contributed by atoms with Gasteiger partial charge in [0.1, 0.15) is 11.4 Å². The zero-order valence-electron chi connectivity index (χ0n) is 9.30. The molecule has 0 aliphatic carbocycles. The van der Waals surface area contributed by atoms with Crippen molar-refractivity contribution in [2.75, 3.05) is 7.11 Å². The SMILES string of the molecule is CC.COc1cc(Cl)c(C)cc1N=C=O. The van der Waals surface area contributed by atoms with Crippen LogP contribution in [0.4, 0.5) is 5.69 Å². The first-order valence-electron chi connectivity index (χ1n) is 4.61. The summed E-state index contributed by atoms with van der Waals surface area (Å²) in [6, 6.07) is 3.29. The number of isocyanates is 1. The second kappa shape index (κ2) is 7.04. The molecule has 0 aromatic heterocycles. The summed E-state index contributed by atoms with van der Waals surface area (Å²) in [5, 5.41) is 0.585. The molecular formula is C11H14ClNO2. The Morgan fingerprint density at radius 2 is 2.00 bits per heavy atom. The quantitative estimate of drug-likeness (QED) is 0.571. The fourth-order valence-corrected chi connectivity index (χ4v) is 1.10. The lowest BCUT2D eigenvalue weighted by Crippen LogP contribution is -1.85. The number of ether oxygens (including phenoxy) is 1. The van der Waals surface area contributed by atoms with Crippen molar-refractivity contribution >= 4 is 23.4 Å². The van der Waals surface area contributed by atoms with E-state index in [-0.39, 0.29) is 0 Å². The Morgan fingerprint density at radius 1 is 1.40 bits per heavy atom. The molecule has 0 heterocycles. The molecule has 0 aliphatic rings. The highest BCUT2D eigenvalue weighted by Crippen LogP contribution is 2.32. The van der Waals surface area contributed by atoms with Crippen LogP contribution < -0.4 is 4.74 Å². The van der Waals surface area contributed by atoms with Crippen molar-refractivity contribution in [3.05, 3.63) is 22.7 Å². The fourth-order valence-electron chi connectivity index (χ4n) is 0.948. The van der Waals surface area contributed by atoms with Gasteiger partial charge in [-0.05, 0) is 18.6 Å². The summed E-state index contributed by atoms with van der Waals surface area (Å²) in [6.45, 7) is 5.82. The van der Waals surface area contributed by atoms with E-state index >= 15 is 0 Å². The van der Waals surface area contributed by atoms with E-state index in [2.05, 4.69) is 4.99 Å². The van der Waals surface area contributed by atoms with Gasteiger partial charge >= 0.3 is 0 Å². The van der Waals surface area contributed by atoms with Crippen LogP contribution in [0.25, 0.3) is 0 Å². The molecule has 0 N–H and O–H groups in total. The van der Waals surface area contributed by atoms with Crippen molar-refractivity contribution in [3.63, 3.8) is 0 Å². The van der Waals surface area contributed by atoms with Gasteiger partial charge in [0.2, 0.25) is 6.08 Å². The van der Waals surface area contributed by atoms with Gasteiger partial charge in [0.15, 0.2) is 0 Å². The van der Waals surface area contributed by atoms with Crippen molar-refractivity contribution in [2.45, 2.75) is 20.8 Å². The molecule has 0 fully saturated rings. The maximum absolute atomic E-state index is 10.1. The maximum atomic E-state index is 10.1. The van der Waals surface area contributed by atoms with E-state index in [1.165, 1.54) is 13.2 Å². The minimum Gasteiger partial charge on any atom is -0.494 e. The Balaban J connectivity index is 0.000000921. The molecule has 0 aliphatic heterocycles. The molecule has 1 rings (SSSR count). The molecule has 0 bridgehead atoms. The summed E-state index contributed by atoms with van der Waals surface area (Å²) < 4.78 is 4.98. The van der Waals surface area contributed by atoms with Gasteiger partial charge in [0.25, 0.3) is 0 Å². The molecule has 0 radical (unpaired) electrons. The third-order valence-electron chi connectivity index (χ3n) is 1.63. The van der Waals surface area contributed by atoms with Crippen molar-refractivity contribution in [2.24, 2.45) is 4.99 Å². The third kappa shape index (κ3) is 3.74. The molecular weight excluding hydrogens is 214 g/mol. The second-order valence-corrected chi connectivity index (χ2v) is 2.88. The molecule has 0 atom stereocenters. The number of hydrogen-bond donors (Lipinski definition) is 0. The standard InChI is InChI=1S/C9H8ClNO2.C2H6/c1-6-3-8(11-5-12)9(13-2)4-7(6)10;1-2/h3-4H,1-2H3;1-2H3. The summed E-state index contributed by atoms with van der Waals surface area (Å²) in [4.78, 5) is 13.5. The maximum Gasteiger partial charge on any atom is 0.240 e. The summed E-state index contributed by atoms with van der Waals surface area (Å²) in [5.41, 5.74) is 1.29. The molecule has 1 aromatic carbocycles. The molecule has 4 heteroatoms. The van der Waals surface area contributed by atoms with Crippen LogP contribution >= 0.6 is 11.6 Å². The number of benzene rings is 1. The zero-order chi connectivity index (χ0) is 11.8. The topological polar surface area (TPSA) is 38.7 Å². The van der Waals surface area contributed by atoms with Crippen molar-refractivity contribution in [3.8, 4) is 5.75 Å². The molecule has 82 valence electrons. The fraction of sp³-hybridized carbons (Fsp3) is 0.364. The van der Waals surface area contributed by atoms with Gasteiger partial charge in [-0.2, -0.15) is 4.99 Å². The number of aliphatic imine (C=N–C) groups is 1. The first-order valence-corrected chi connectivity index (χ1v) is 4.99. The van der Waals surface area contributed by atoms with Crippen LogP contribution in [0.3, 0.4) is 0 Å². The summed E-state index contributed by atoms with van der Waals surface area (Å²) >= 11 is 5.84. The van der Waals surface area contributed by atoms with E-state index < -0.39 is 0 Å². The lowest BCUT2D eigenvalue weighted by molar-refractivity contribution is 0.416. The Kier molecular flexibility index (Phi) is 6.43. The Morgan fingerprint density at radius 3 is 2.47 bits per heavy atom. The van der Waals surface area contributed by atoms with Gasteiger partial charge in [0, 0.05) is 11.1 Å². The van der Waals surface area contributed by atoms with E-state index in [1.807, 2.05) is 20.8 Å². The number of halogens is 1. The van der Waals surface area contributed by atoms with Gasteiger partial charge in [-0.1, -0.05) is 25.4 Å². The molecule has 0 unspecified atom stereocenters. The van der Waals surface area contributed by atoms with Crippen LogP contribution in [0.2, 0.25) is 5.02 Å². The summed E-state index contributed by atoms with van der Waals surface area (Å²) in [5.74, 6) is 0.471. The second-order valence-electron chi connectivity index (χ2n) is 2.48. The van der Waals surface area contributed by atoms with Gasteiger partial charge < -0.3 is 4.74 Å². The number of carbonyl (C=O) groups excluding carboxylic acids is 1. The smallest absolute Gasteiger partial charge is 0.240 e.